The van der Waals surface area contributed by atoms with Gasteiger partial charge < -0.3 is 10.1 Å². The van der Waals surface area contributed by atoms with Crippen molar-refractivity contribution in [3.05, 3.63) is 53.6 Å². The molecule has 1 heterocycles. The maximum absolute atomic E-state index is 5.35. The van der Waals surface area contributed by atoms with Crippen LogP contribution in [0.4, 0.5) is 0 Å². The van der Waals surface area contributed by atoms with E-state index < -0.39 is 0 Å². The first kappa shape index (κ1) is 13.1. The van der Waals surface area contributed by atoms with Crippen LogP contribution < -0.4 is 10.1 Å². The largest absolute Gasteiger partial charge is 0.496 e. The van der Waals surface area contributed by atoms with Gasteiger partial charge in [0.1, 0.15) is 11.6 Å². The maximum Gasteiger partial charge on any atom is 0.132 e. The van der Waals surface area contributed by atoms with Crippen molar-refractivity contribution in [1.29, 1.82) is 0 Å². The lowest BCUT2D eigenvalue weighted by molar-refractivity contribution is 0.410. The highest BCUT2D eigenvalue weighted by Crippen LogP contribution is 2.20. The van der Waals surface area contributed by atoms with Gasteiger partial charge in [-0.25, -0.2) is 9.97 Å². The van der Waals surface area contributed by atoms with E-state index in [0.29, 0.717) is 12.5 Å². The van der Waals surface area contributed by atoms with Crippen LogP contribution in [-0.4, -0.2) is 23.1 Å². The van der Waals surface area contributed by atoms with E-state index in [1.807, 2.05) is 36.7 Å². The SMILES string of the molecule is COc1ccccc1Cc1ncc(CNC2CC2)cn1. The molecule has 0 unspecified atom stereocenters. The Hall–Kier alpha value is -1.94. The molecule has 20 heavy (non-hydrogen) atoms. The summed E-state index contributed by atoms with van der Waals surface area (Å²) in [4.78, 5) is 8.88. The lowest BCUT2D eigenvalue weighted by atomic mass is 10.1. The minimum atomic E-state index is 0.695. The molecule has 0 radical (unpaired) electrons. The smallest absolute Gasteiger partial charge is 0.132 e. The summed E-state index contributed by atoms with van der Waals surface area (Å²) in [5, 5.41) is 3.46. The number of benzene rings is 1. The predicted octanol–water partition coefficient (Wildman–Crippen LogP) is 2.33. The molecule has 1 saturated carbocycles. The number of aromatic nitrogens is 2. The van der Waals surface area contributed by atoms with Crippen molar-refractivity contribution < 1.29 is 4.74 Å². The molecule has 0 amide bonds. The predicted molar refractivity (Wildman–Crippen MR) is 77.7 cm³/mol. The second-order valence-electron chi connectivity index (χ2n) is 5.15. The van der Waals surface area contributed by atoms with E-state index >= 15 is 0 Å². The van der Waals surface area contributed by atoms with Gasteiger partial charge in [-0.05, 0) is 18.9 Å². The maximum atomic E-state index is 5.35. The number of hydrogen-bond donors (Lipinski definition) is 1. The van der Waals surface area contributed by atoms with E-state index in [1.54, 1.807) is 7.11 Å². The number of methoxy groups -OCH3 is 1. The van der Waals surface area contributed by atoms with Crippen molar-refractivity contribution in [2.45, 2.75) is 31.8 Å². The third-order valence-corrected chi connectivity index (χ3v) is 3.47. The van der Waals surface area contributed by atoms with E-state index in [1.165, 1.54) is 12.8 Å². The van der Waals surface area contributed by atoms with Crippen LogP contribution >= 0.6 is 0 Å². The molecule has 0 spiro atoms. The van der Waals surface area contributed by atoms with Gasteiger partial charge in [-0.3, -0.25) is 0 Å². The average molecular weight is 269 g/mol. The summed E-state index contributed by atoms with van der Waals surface area (Å²) in [5.74, 6) is 1.71. The summed E-state index contributed by atoms with van der Waals surface area (Å²) in [7, 11) is 1.69. The van der Waals surface area contributed by atoms with Crippen LogP contribution in [0.25, 0.3) is 0 Å². The van der Waals surface area contributed by atoms with Crippen LogP contribution in [0.2, 0.25) is 0 Å². The lowest BCUT2D eigenvalue weighted by Crippen LogP contribution is -2.15. The Bertz CT molecular complexity index is 564. The van der Waals surface area contributed by atoms with Crippen molar-refractivity contribution in [2.24, 2.45) is 0 Å². The summed E-state index contributed by atoms with van der Waals surface area (Å²) in [6, 6.07) is 8.69. The third kappa shape index (κ3) is 3.33. The number of nitrogens with one attached hydrogen (secondary N) is 1. The highest BCUT2D eigenvalue weighted by atomic mass is 16.5. The highest BCUT2D eigenvalue weighted by Gasteiger charge is 2.19. The van der Waals surface area contributed by atoms with Gasteiger partial charge in [0.15, 0.2) is 0 Å². The van der Waals surface area contributed by atoms with Crippen LogP contribution in [0.1, 0.15) is 29.8 Å². The monoisotopic (exact) mass is 269 g/mol. The van der Waals surface area contributed by atoms with E-state index in [-0.39, 0.29) is 0 Å². The Balaban J connectivity index is 1.64. The van der Waals surface area contributed by atoms with Gasteiger partial charge in [-0.15, -0.1) is 0 Å². The second-order valence-corrected chi connectivity index (χ2v) is 5.15. The Labute approximate surface area is 119 Å². The van der Waals surface area contributed by atoms with Gasteiger partial charge in [-0.1, -0.05) is 18.2 Å². The summed E-state index contributed by atoms with van der Waals surface area (Å²) >= 11 is 0. The van der Waals surface area contributed by atoms with Crippen LogP contribution in [-0.2, 0) is 13.0 Å². The lowest BCUT2D eigenvalue weighted by Gasteiger charge is -2.07. The fourth-order valence-corrected chi connectivity index (χ4v) is 2.13. The first-order valence-corrected chi connectivity index (χ1v) is 7.00. The summed E-state index contributed by atoms with van der Waals surface area (Å²) in [6.45, 7) is 0.861. The second kappa shape index (κ2) is 6.01. The van der Waals surface area contributed by atoms with Crippen LogP contribution in [0.3, 0.4) is 0 Å². The van der Waals surface area contributed by atoms with Crippen LogP contribution in [0.15, 0.2) is 36.7 Å². The zero-order valence-corrected chi connectivity index (χ0v) is 11.7. The number of ether oxygens (including phenoxy) is 1. The highest BCUT2D eigenvalue weighted by molar-refractivity contribution is 5.35. The molecule has 0 bridgehead atoms. The molecule has 0 atom stereocenters. The topological polar surface area (TPSA) is 47.0 Å². The molecule has 1 aliphatic rings. The molecule has 2 aromatic rings. The zero-order chi connectivity index (χ0) is 13.8. The summed E-state index contributed by atoms with van der Waals surface area (Å²) in [5.41, 5.74) is 2.25. The first-order chi connectivity index (χ1) is 9.85. The standard InChI is InChI=1S/C16H19N3O/c1-20-15-5-3-2-4-13(15)8-16-18-10-12(11-19-16)9-17-14-6-7-14/h2-5,10-11,14,17H,6-9H2,1H3. The Kier molecular flexibility index (Phi) is 3.92. The van der Waals surface area contributed by atoms with Crippen molar-refractivity contribution >= 4 is 0 Å². The minimum Gasteiger partial charge on any atom is -0.496 e. The summed E-state index contributed by atoms with van der Waals surface area (Å²) in [6.07, 6.45) is 7.11. The van der Waals surface area contributed by atoms with Gasteiger partial charge in [0, 0.05) is 42.5 Å². The molecule has 0 saturated heterocycles. The van der Waals surface area contributed by atoms with Gasteiger partial charge in [0.25, 0.3) is 0 Å². The number of hydrogen-bond acceptors (Lipinski definition) is 4. The van der Waals surface area contributed by atoms with Gasteiger partial charge >= 0.3 is 0 Å². The van der Waals surface area contributed by atoms with Crippen molar-refractivity contribution in [1.82, 2.24) is 15.3 Å². The van der Waals surface area contributed by atoms with Crippen LogP contribution in [0, 0.1) is 0 Å². The molecular weight excluding hydrogens is 250 g/mol. The molecule has 1 aromatic carbocycles. The third-order valence-electron chi connectivity index (χ3n) is 3.47. The van der Waals surface area contributed by atoms with E-state index in [2.05, 4.69) is 15.3 Å². The van der Waals surface area contributed by atoms with Crippen molar-refractivity contribution in [3.63, 3.8) is 0 Å². The average Bonchev–Trinajstić information content (AvgIpc) is 3.31. The first-order valence-electron chi connectivity index (χ1n) is 7.00. The number of para-hydroxylation sites is 1. The molecule has 1 fully saturated rings. The molecule has 104 valence electrons. The minimum absolute atomic E-state index is 0.695. The normalized spacial score (nSPS) is 14.2. The van der Waals surface area contributed by atoms with Crippen molar-refractivity contribution in [3.8, 4) is 5.75 Å². The van der Waals surface area contributed by atoms with Gasteiger partial charge in [0.2, 0.25) is 0 Å². The molecular formula is C16H19N3O. The van der Waals surface area contributed by atoms with Crippen molar-refractivity contribution in [2.75, 3.05) is 7.11 Å². The Morgan fingerprint density at radius 3 is 2.65 bits per heavy atom. The molecule has 3 rings (SSSR count). The molecule has 4 heteroatoms. The van der Waals surface area contributed by atoms with E-state index in [9.17, 15) is 0 Å². The van der Waals surface area contributed by atoms with Gasteiger partial charge in [-0.2, -0.15) is 0 Å². The molecule has 1 aromatic heterocycles. The Morgan fingerprint density at radius 1 is 1.20 bits per heavy atom. The van der Waals surface area contributed by atoms with E-state index in [4.69, 9.17) is 4.74 Å². The van der Waals surface area contributed by atoms with E-state index in [0.717, 1.165) is 29.2 Å². The molecule has 1 N–H and O–H groups in total. The zero-order valence-electron chi connectivity index (χ0n) is 11.7. The molecule has 0 aliphatic heterocycles. The molecule has 1 aliphatic carbocycles. The summed E-state index contributed by atoms with van der Waals surface area (Å²) < 4.78 is 5.35. The quantitative estimate of drug-likeness (QED) is 0.874. The fraction of sp³-hybridized carbons (Fsp3) is 0.375. The number of rotatable bonds is 6. The Morgan fingerprint density at radius 2 is 1.95 bits per heavy atom. The fourth-order valence-electron chi connectivity index (χ4n) is 2.13. The van der Waals surface area contributed by atoms with Gasteiger partial charge in [0.05, 0.1) is 7.11 Å². The number of nitrogens with zero attached hydrogens (tertiary/aromatic N) is 2. The molecule has 4 nitrogen and oxygen atoms in total. The van der Waals surface area contributed by atoms with Crippen LogP contribution in [0.5, 0.6) is 5.75 Å².